The van der Waals surface area contributed by atoms with Gasteiger partial charge in [0.2, 0.25) is 0 Å². The normalized spacial score (nSPS) is 12.2. The minimum absolute atomic E-state index is 0.203. The molecule has 3 rings (SSSR count). The van der Waals surface area contributed by atoms with Gasteiger partial charge in [0, 0.05) is 10.9 Å². The Balaban J connectivity index is 2.10. The van der Waals surface area contributed by atoms with Crippen molar-refractivity contribution in [3.8, 4) is 11.1 Å². The Labute approximate surface area is 149 Å². The standard InChI is InChI=1S/C19H20N2O3S/c1-3-10-24-19(23)15(4-2)21-12-20-17-16(18(21)22)14(11-25-17)13-8-6-5-7-9-13/h5-9,11-12,15H,3-4,10H2,1-2H3/t15-/m0/s1. The van der Waals surface area contributed by atoms with Crippen LogP contribution in [-0.4, -0.2) is 22.1 Å². The summed E-state index contributed by atoms with van der Waals surface area (Å²) in [7, 11) is 0. The average molecular weight is 356 g/mol. The maximum Gasteiger partial charge on any atom is 0.329 e. The Morgan fingerprint density at radius 3 is 2.72 bits per heavy atom. The molecule has 0 amide bonds. The van der Waals surface area contributed by atoms with E-state index in [0.29, 0.717) is 23.2 Å². The largest absolute Gasteiger partial charge is 0.464 e. The van der Waals surface area contributed by atoms with Crippen molar-refractivity contribution in [1.29, 1.82) is 0 Å². The molecule has 1 aromatic carbocycles. The average Bonchev–Trinajstić information content (AvgIpc) is 3.08. The molecule has 2 aromatic heterocycles. The van der Waals surface area contributed by atoms with E-state index >= 15 is 0 Å². The summed E-state index contributed by atoms with van der Waals surface area (Å²) in [5, 5.41) is 2.50. The Hall–Kier alpha value is -2.47. The van der Waals surface area contributed by atoms with Gasteiger partial charge in [-0.1, -0.05) is 44.2 Å². The van der Waals surface area contributed by atoms with Crippen molar-refractivity contribution in [3.63, 3.8) is 0 Å². The molecule has 0 spiro atoms. The van der Waals surface area contributed by atoms with E-state index in [2.05, 4.69) is 4.98 Å². The molecule has 2 heterocycles. The third-order valence-corrected chi connectivity index (χ3v) is 4.93. The lowest BCUT2D eigenvalue weighted by Crippen LogP contribution is -2.31. The molecule has 0 unspecified atom stereocenters. The van der Waals surface area contributed by atoms with Gasteiger partial charge in [0.1, 0.15) is 10.9 Å². The number of aromatic nitrogens is 2. The molecule has 0 saturated heterocycles. The summed E-state index contributed by atoms with van der Waals surface area (Å²) in [6.07, 6.45) is 2.68. The molecule has 6 heteroatoms. The summed E-state index contributed by atoms with van der Waals surface area (Å²) in [5.74, 6) is -0.385. The number of nitrogens with zero attached hydrogens (tertiary/aromatic N) is 2. The van der Waals surface area contributed by atoms with E-state index < -0.39 is 6.04 Å². The fourth-order valence-corrected chi connectivity index (χ4v) is 3.68. The quantitative estimate of drug-likeness (QED) is 0.626. The van der Waals surface area contributed by atoms with Gasteiger partial charge in [0.25, 0.3) is 5.56 Å². The Morgan fingerprint density at radius 2 is 2.04 bits per heavy atom. The third-order valence-electron chi connectivity index (χ3n) is 4.05. The molecular weight excluding hydrogens is 336 g/mol. The van der Waals surface area contributed by atoms with Gasteiger partial charge in [-0.25, -0.2) is 9.78 Å². The lowest BCUT2D eigenvalue weighted by Gasteiger charge is -2.16. The summed E-state index contributed by atoms with van der Waals surface area (Å²) < 4.78 is 6.64. The van der Waals surface area contributed by atoms with E-state index in [4.69, 9.17) is 4.74 Å². The van der Waals surface area contributed by atoms with E-state index in [0.717, 1.165) is 17.5 Å². The highest BCUT2D eigenvalue weighted by Gasteiger charge is 2.23. The van der Waals surface area contributed by atoms with Crippen LogP contribution in [0, 0.1) is 0 Å². The van der Waals surface area contributed by atoms with Gasteiger partial charge in [0.15, 0.2) is 0 Å². The van der Waals surface area contributed by atoms with E-state index in [1.165, 1.54) is 22.2 Å². The van der Waals surface area contributed by atoms with Gasteiger partial charge < -0.3 is 4.74 Å². The Morgan fingerprint density at radius 1 is 1.28 bits per heavy atom. The number of benzene rings is 1. The highest BCUT2D eigenvalue weighted by Crippen LogP contribution is 2.30. The second-order valence-electron chi connectivity index (χ2n) is 5.74. The molecule has 0 fully saturated rings. The first-order valence-corrected chi connectivity index (χ1v) is 9.25. The van der Waals surface area contributed by atoms with E-state index in [1.807, 2.05) is 49.6 Å². The monoisotopic (exact) mass is 356 g/mol. The molecule has 0 N–H and O–H groups in total. The van der Waals surface area contributed by atoms with Crippen LogP contribution in [0.5, 0.6) is 0 Å². The van der Waals surface area contributed by atoms with Crippen LogP contribution >= 0.6 is 11.3 Å². The summed E-state index contributed by atoms with van der Waals surface area (Å²) in [6, 6.07) is 9.08. The zero-order valence-electron chi connectivity index (χ0n) is 14.3. The van der Waals surface area contributed by atoms with Crippen LogP contribution in [0.15, 0.2) is 46.8 Å². The second-order valence-corrected chi connectivity index (χ2v) is 6.60. The van der Waals surface area contributed by atoms with E-state index in [-0.39, 0.29) is 11.5 Å². The fourth-order valence-electron chi connectivity index (χ4n) is 2.77. The number of fused-ring (bicyclic) bond motifs is 1. The van der Waals surface area contributed by atoms with Gasteiger partial charge in [-0.2, -0.15) is 0 Å². The number of carbonyl (C=O) groups is 1. The fraction of sp³-hybridized carbons (Fsp3) is 0.316. The number of rotatable bonds is 6. The van der Waals surface area contributed by atoms with Crippen molar-refractivity contribution < 1.29 is 9.53 Å². The van der Waals surface area contributed by atoms with Crippen LogP contribution in [0.4, 0.5) is 0 Å². The lowest BCUT2D eigenvalue weighted by atomic mass is 10.1. The smallest absolute Gasteiger partial charge is 0.329 e. The van der Waals surface area contributed by atoms with E-state index in [9.17, 15) is 9.59 Å². The molecule has 0 radical (unpaired) electrons. The summed E-state index contributed by atoms with van der Waals surface area (Å²) in [6.45, 7) is 4.15. The van der Waals surface area contributed by atoms with Crippen molar-refractivity contribution in [2.75, 3.05) is 6.61 Å². The van der Waals surface area contributed by atoms with Gasteiger partial charge in [0.05, 0.1) is 18.3 Å². The summed E-state index contributed by atoms with van der Waals surface area (Å²) in [5.41, 5.74) is 1.61. The van der Waals surface area contributed by atoms with Crippen LogP contribution in [-0.2, 0) is 9.53 Å². The molecule has 0 aliphatic rings. The van der Waals surface area contributed by atoms with Crippen LogP contribution in [0.1, 0.15) is 32.7 Å². The topological polar surface area (TPSA) is 61.2 Å². The van der Waals surface area contributed by atoms with Crippen LogP contribution in [0.3, 0.4) is 0 Å². The molecule has 25 heavy (non-hydrogen) atoms. The number of thiophene rings is 1. The highest BCUT2D eigenvalue weighted by molar-refractivity contribution is 7.17. The van der Waals surface area contributed by atoms with Gasteiger partial charge in [-0.3, -0.25) is 9.36 Å². The van der Waals surface area contributed by atoms with Crippen molar-refractivity contribution in [2.24, 2.45) is 0 Å². The number of hydrogen-bond acceptors (Lipinski definition) is 5. The first kappa shape index (κ1) is 17.4. The highest BCUT2D eigenvalue weighted by atomic mass is 32.1. The van der Waals surface area contributed by atoms with Crippen molar-refractivity contribution >= 4 is 27.5 Å². The lowest BCUT2D eigenvalue weighted by molar-refractivity contribution is -0.147. The maximum absolute atomic E-state index is 13.1. The molecule has 5 nitrogen and oxygen atoms in total. The summed E-state index contributed by atoms with van der Waals surface area (Å²) in [4.78, 5) is 30.5. The molecule has 3 aromatic rings. The number of carbonyl (C=O) groups excluding carboxylic acids is 1. The molecule has 130 valence electrons. The van der Waals surface area contributed by atoms with Crippen LogP contribution in [0.25, 0.3) is 21.3 Å². The minimum atomic E-state index is -0.653. The third kappa shape index (κ3) is 3.35. The van der Waals surface area contributed by atoms with Crippen LogP contribution in [0.2, 0.25) is 0 Å². The molecule has 0 aliphatic heterocycles. The Kier molecular flexibility index (Phi) is 5.28. The van der Waals surface area contributed by atoms with Gasteiger partial charge >= 0.3 is 5.97 Å². The Bertz CT molecular complexity index is 931. The van der Waals surface area contributed by atoms with Gasteiger partial charge in [-0.05, 0) is 18.4 Å². The first-order chi connectivity index (χ1) is 12.2. The number of ether oxygens (including phenoxy) is 1. The number of esters is 1. The second kappa shape index (κ2) is 7.61. The minimum Gasteiger partial charge on any atom is -0.464 e. The summed E-state index contributed by atoms with van der Waals surface area (Å²) >= 11 is 1.43. The van der Waals surface area contributed by atoms with Crippen molar-refractivity contribution in [1.82, 2.24) is 9.55 Å². The molecule has 0 saturated carbocycles. The first-order valence-electron chi connectivity index (χ1n) is 8.37. The zero-order chi connectivity index (χ0) is 17.8. The maximum atomic E-state index is 13.1. The molecule has 1 atom stereocenters. The molecule has 0 bridgehead atoms. The predicted molar refractivity (Wildman–Crippen MR) is 99.9 cm³/mol. The SMILES string of the molecule is CCCOC(=O)[C@H](CC)n1cnc2scc(-c3ccccc3)c2c1=O. The van der Waals surface area contributed by atoms with Crippen molar-refractivity contribution in [3.05, 3.63) is 52.4 Å². The zero-order valence-corrected chi connectivity index (χ0v) is 15.1. The van der Waals surface area contributed by atoms with Crippen molar-refractivity contribution in [2.45, 2.75) is 32.7 Å². The molecule has 0 aliphatic carbocycles. The van der Waals surface area contributed by atoms with Crippen LogP contribution < -0.4 is 5.56 Å². The predicted octanol–water partition coefficient (Wildman–Crippen LogP) is 4.03. The van der Waals surface area contributed by atoms with E-state index in [1.54, 1.807) is 0 Å². The molecular formula is C19H20N2O3S. The van der Waals surface area contributed by atoms with Gasteiger partial charge in [-0.15, -0.1) is 11.3 Å². The number of hydrogen-bond donors (Lipinski definition) is 0.